The third-order valence-corrected chi connectivity index (χ3v) is 4.75. The first-order valence-electron chi connectivity index (χ1n) is 9.11. The number of anilines is 2. The molecule has 1 atom stereocenters. The highest BCUT2D eigenvalue weighted by Gasteiger charge is 2.34. The fourth-order valence-electron chi connectivity index (χ4n) is 3.12. The lowest BCUT2D eigenvalue weighted by atomic mass is 10.0. The van der Waals surface area contributed by atoms with E-state index in [4.69, 9.17) is 12.2 Å². The molecule has 1 aromatic carbocycles. The molecule has 0 amide bonds. The van der Waals surface area contributed by atoms with Gasteiger partial charge in [-0.15, -0.1) is 0 Å². The van der Waals surface area contributed by atoms with Crippen LogP contribution < -0.4 is 15.5 Å². The normalized spacial score (nSPS) is 17.3. The summed E-state index contributed by atoms with van der Waals surface area (Å²) >= 11 is 5.19. The number of rotatable bonds is 4. The van der Waals surface area contributed by atoms with Crippen LogP contribution in [0.5, 0.6) is 0 Å². The fraction of sp³-hybridized carbons (Fsp3) is 0.421. The van der Waals surface area contributed by atoms with Gasteiger partial charge in [0.2, 0.25) is 5.95 Å². The number of hydrogen-bond acceptors (Lipinski definition) is 4. The zero-order valence-electron chi connectivity index (χ0n) is 15.5. The minimum atomic E-state index is -4.56. The van der Waals surface area contributed by atoms with Crippen LogP contribution in [0.25, 0.3) is 0 Å². The van der Waals surface area contributed by atoms with Crippen LogP contribution in [0.2, 0.25) is 0 Å². The lowest BCUT2D eigenvalue weighted by molar-refractivity contribution is -0.141. The molecule has 9 heteroatoms. The van der Waals surface area contributed by atoms with Gasteiger partial charge in [0.15, 0.2) is 10.8 Å². The van der Waals surface area contributed by atoms with Crippen molar-refractivity contribution in [1.82, 2.24) is 15.3 Å². The van der Waals surface area contributed by atoms with Crippen LogP contribution in [0, 0.1) is 5.92 Å². The van der Waals surface area contributed by atoms with Crippen molar-refractivity contribution >= 4 is 29.1 Å². The standard InChI is InChI=1S/C19H22F3N5S/c1-13-6-5-9-27(12-13)16-10-15(19(20,21)22)24-17(25-16)26-18(28)23-11-14-7-3-2-4-8-14/h2-4,7-8,10,13H,5-6,9,11-12H2,1H3,(H2,23,24,25,26,28)/t13-/m1/s1. The summed E-state index contributed by atoms with van der Waals surface area (Å²) in [5.41, 5.74) is 0.0173. The monoisotopic (exact) mass is 409 g/mol. The molecule has 0 saturated carbocycles. The molecular weight excluding hydrogens is 387 g/mol. The summed E-state index contributed by atoms with van der Waals surface area (Å²) in [6, 6.07) is 10.5. The molecule has 0 aliphatic carbocycles. The number of piperidine rings is 1. The van der Waals surface area contributed by atoms with Crippen molar-refractivity contribution in [3.63, 3.8) is 0 Å². The van der Waals surface area contributed by atoms with Crippen LogP contribution in [-0.4, -0.2) is 28.2 Å². The maximum Gasteiger partial charge on any atom is 0.433 e. The molecule has 1 saturated heterocycles. The fourth-order valence-corrected chi connectivity index (χ4v) is 3.28. The first kappa shape index (κ1) is 20.3. The third kappa shape index (κ3) is 5.54. The summed E-state index contributed by atoms with van der Waals surface area (Å²) in [6.45, 7) is 3.88. The van der Waals surface area contributed by atoms with Crippen molar-refractivity contribution in [2.75, 3.05) is 23.3 Å². The number of hydrogen-bond donors (Lipinski definition) is 2. The van der Waals surface area contributed by atoms with Crippen LogP contribution >= 0.6 is 12.2 Å². The van der Waals surface area contributed by atoms with E-state index in [-0.39, 0.29) is 16.9 Å². The van der Waals surface area contributed by atoms with E-state index in [1.807, 2.05) is 35.2 Å². The van der Waals surface area contributed by atoms with E-state index in [2.05, 4.69) is 27.5 Å². The molecule has 0 spiro atoms. The molecule has 1 fully saturated rings. The Morgan fingerprint density at radius 1 is 1.25 bits per heavy atom. The minimum Gasteiger partial charge on any atom is -0.358 e. The van der Waals surface area contributed by atoms with Crippen molar-refractivity contribution in [3.05, 3.63) is 47.7 Å². The highest BCUT2D eigenvalue weighted by Crippen LogP contribution is 2.31. The lowest BCUT2D eigenvalue weighted by Crippen LogP contribution is -2.35. The summed E-state index contributed by atoms with van der Waals surface area (Å²) in [5, 5.41) is 5.81. The van der Waals surface area contributed by atoms with Crippen molar-refractivity contribution in [1.29, 1.82) is 0 Å². The van der Waals surface area contributed by atoms with Gasteiger partial charge in [-0.3, -0.25) is 0 Å². The summed E-state index contributed by atoms with van der Waals surface area (Å²) in [6.07, 6.45) is -2.58. The van der Waals surface area contributed by atoms with Crippen LogP contribution in [0.4, 0.5) is 24.9 Å². The lowest BCUT2D eigenvalue weighted by Gasteiger charge is -2.32. The van der Waals surface area contributed by atoms with Gasteiger partial charge in [-0.2, -0.15) is 18.2 Å². The number of nitrogens with one attached hydrogen (secondary N) is 2. The number of benzene rings is 1. The zero-order chi connectivity index (χ0) is 20.1. The molecule has 0 radical (unpaired) electrons. The third-order valence-electron chi connectivity index (χ3n) is 4.51. The second-order valence-electron chi connectivity index (χ2n) is 6.92. The van der Waals surface area contributed by atoms with Crippen molar-refractivity contribution in [2.45, 2.75) is 32.5 Å². The summed E-state index contributed by atoms with van der Waals surface area (Å²) < 4.78 is 39.9. The number of halogens is 3. The Morgan fingerprint density at radius 3 is 2.68 bits per heavy atom. The number of alkyl halides is 3. The Balaban J connectivity index is 1.75. The SMILES string of the molecule is C[C@@H]1CCCN(c2cc(C(F)(F)F)nc(NC(=S)NCc3ccccc3)n2)C1. The van der Waals surface area contributed by atoms with E-state index < -0.39 is 11.9 Å². The van der Waals surface area contributed by atoms with Gasteiger partial charge < -0.3 is 15.5 Å². The largest absolute Gasteiger partial charge is 0.433 e. The first-order valence-corrected chi connectivity index (χ1v) is 9.52. The predicted octanol–water partition coefficient (Wildman–Crippen LogP) is 4.22. The molecule has 2 N–H and O–H groups in total. The Kier molecular flexibility index (Phi) is 6.33. The van der Waals surface area contributed by atoms with Gasteiger partial charge >= 0.3 is 6.18 Å². The number of nitrogens with zero attached hydrogens (tertiary/aromatic N) is 3. The summed E-state index contributed by atoms with van der Waals surface area (Å²) in [4.78, 5) is 9.76. The summed E-state index contributed by atoms with van der Waals surface area (Å²) in [7, 11) is 0. The van der Waals surface area contributed by atoms with Gasteiger partial charge in [0, 0.05) is 25.7 Å². The van der Waals surface area contributed by atoms with Gasteiger partial charge in [-0.1, -0.05) is 37.3 Å². The average Bonchev–Trinajstić information content (AvgIpc) is 2.66. The first-order chi connectivity index (χ1) is 13.3. The zero-order valence-corrected chi connectivity index (χ0v) is 16.3. The molecule has 2 aromatic rings. The van der Waals surface area contributed by atoms with Crippen LogP contribution in [0.3, 0.4) is 0 Å². The maximum absolute atomic E-state index is 13.3. The smallest absolute Gasteiger partial charge is 0.358 e. The molecule has 150 valence electrons. The van der Waals surface area contributed by atoms with Gasteiger partial charge in [0.05, 0.1) is 0 Å². The van der Waals surface area contributed by atoms with Gasteiger partial charge in [0.1, 0.15) is 5.82 Å². The van der Waals surface area contributed by atoms with E-state index in [0.717, 1.165) is 24.5 Å². The highest BCUT2D eigenvalue weighted by atomic mass is 32.1. The van der Waals surface area contributed by atoms with E-state index in [0.29, 0.717) is 25.6 Å². The van der Waals surface area contributed by atoms with E-state index in [9.17, 15) is 13.2 Å². The minimum absolute atomic E-state index is 0.159. The molecule has 0 unspecified atom stereocenters. The van der Waals surface area contributed by atoms with E-state index in [1.165, 1.54) is 0 Å². The summed E-state index contributed by atoms with van der Waals surface area (Å²) in [5.74, 6) is 0.513. The van der Waals surface area contributed by atoms with E-state index >= 15 is 0 Å². The van der Waals surface area contributed by atoms with E-state index in [1.54, 1.807) is 0 Å². The van der Waals surface area contributed by atoms with Crippen LogP contribution in [0.15, 0.2) is 36.4 Å². The van der Waals surface area contributed by atoms with Crippen LogP contribution in [-0.2, 0) is 12.7 Å². The predicted molar refractivity (Wildman–Crippen MR) is 107 cm³/mol. The van der Waals surface area contributed by atoms with Crippen LogP contribution in [0.1, 0.15) is 31.0 Å². The van der Waals surface area contributed by atoms with Crippen molar-refractivity contribution in [3.8, 4) is 0 Å². The topological polar surface area (TPSA) is 53.1 Å². The Hall–Kier alpha value is -2.42. The molecule has 2 heterocycles. The Bertz CT molecular complexity index is 813. The molecule has 0 bridgehead atoms. The average molecular weight is 409 g/mol. The molecule has 5 nitrogen and oxygen atoms in total. The van der Waals surface area contributed by atoms with Gasteiger partial charge in [-0.25, -0.2) is 4.98 Å². The highest BCUT2D eigenvalue weighted by molar-refractivity contribution is 7.80. The Morgan fingerprint density at radius 2 is 2.00 bits per heavy atom. The quantitative estimate of drug-likeness (QED) is 0.738. The second kappa shape index (κ2) is 8.72. The molecule has 1 aromatic heterocycles. The maximum atomic E-state index is 13.3. The molecular formula is C19H22F3N5S. The van der Waals surface area contributed by atoms with Crippen molar-refractivity contribution < 1.29 is 13.2 Å². The number of aromatic nitrogens is 2. The second-order valence-corrected chi connectivity index (χ2v) is 7.33. The molecule has 1 aliphatic rings. The number of thiocarbonyl (C=S) groups is 1. The Labute approximate surface area is 167 Å². The molecule has 3 rings (SSSR count). The van der Waals surface area contributed by atoms with Gasteiger partial charge in [0.25, 0.3) is 0 Å². The molecule has 1 aliphatic heterocycles. The van der Waals surface area contributed by atoms with Crippen molar-refractivity contribution in [2.24, 2.45) is 5.92 Å². The molecule has 28 heavy (non-hydrogen) atoms. The van der Waals surface area contributed by atoms with Gasteiger partial charge in [-0.05, 0) is 36.5 Å².